The van der Waals surface area contributed by atoms with Gasteiger partial charge in [0.05, 0.1) is 5.54 Å². The highest BCUT2D eigenvalue weighted by atomic mass is 35.5. The van der Waals surface area contributed by atoms with Crippen LogP contribution in [0.2, 0.25) is 0 Å². The fourth-order valence-corrected chi connectivity index (χ4v) is 2.79. The Morgan fingerprint density at radius 1 is 1.00 bits per heavy atom. The average molecular weight is 462 g/mol. The number of amides is 1. The van der Waals surface area contributed by atoms with Crippen molar-refractivity contribution in [2.24, 2.45) is 0 Å². The molecule has 0 aliphatic rings. The van der Waals surface area contributed by atoms with E-state index in [0.717, 1.165) is 12.0 Å². The molecule has 0 unspecified atom stereocenters. The Morgan fingerprint density at radius 2 is 1.55 bits per heavy atom. The molecule has 0 spiro atoms. The van der Waals surface area contributed by atoms with Crippen LogP contribution in [0.25, 0.3) is 0 Å². The summed E-state index contributed by atoms with van der Waals surface area (Å²) in [4.78, 5) is 22.8. The number of hydrazine groups is 1. The summed E-state index contributed by atoms with van der Waals surface area (Å²) in [5.74, 6) is 0.00996. The molecule has 0 bridgehead atoms. The van der Waals surface area contributed by atoms with Crippen molar-refractivity contribution in [1.82, 2.24) is 10.4 Å². The molecule has 1 amide bonds. The zero-order chi connectivity index (χ0) is 20.6. The third-order valence-corrected chi connectivity index (χ3v) is 4.29. The number of halogens is 3. The van der Waals surface area contributed by atoms with E-state index in [-0.39, 0.29) is 36.3 Å². The van der Waals surface area contributed by atoms with Gasteiger partial charge in [0.2, 0.25) is 0 Å². The van der Waals surface area contributed by atoms with E-state index in [2.05, 4.69) is 19.3 Å². The van der Waals surface area contributed by atoms with E-state index >= 15 is 0 Å². The number of carbonyl (C=O) groups excluding carboxylic acids is 2. The van der Waals surface area contributed by atoms with Gasteiger partial charge in [-0.05, 0) is 69.0 Å². The van der Waals surface area contributed by atoms with Gasteiger partial charge in [-0.25, -0.2) is 5.43 Å². The molecular formula is C22H31Cl3N2O2. The van der Waals surface area contributed by atoms with Crippen LogP contribution in [-0.4, -0.2) is 28.7 Å². The number of aryl methyl sites for hydroxylation is 2. The van der Waals surface area contributed by atoms with Gasteiger partial charge in [0, 0.05) is 18.2 Å². The Morgan fingerprint density at radius 3 is 1.90 bits per heavy atom. The van der Waals surface area contributed by atoms with Gasteiger partial charge in [-0.15, -0.1) is 24.8 Å². The Hall–Kier alpha value is -1.59. The van der Waals surface area contributed by atoms with Crippen LogP contribution in [0.4, 0.5) is 0 Å². The number of nitrogens with one attached hydrogen (secondary N) is 1. The van der Waals surface area contributed by atoms with Gasteiger partial charge in [-0.3, -0.25) is 14.6 Å². The van der Waals surface area contributed by atoms with Crippen LogP contribution in [0.1, 0.15) is 59.5 Å². The van der Waals surface area contributed by atoms with Crippen LogP contribution in [0.5, 0.6) is 0 Å². The van der Waals surface area contributed by atoms with E-state index < -0.39 is 5.24 Å². The van der Waals surface area contributed by atoms with Crippen molar-refractivity contribution in [3.63, 3.8) is 0 Å². The molecule has 2 aromatic rings. The van der Waals surface area contributed by atoms with E-state index in [0.29, 0.717) is 5.56 Å². The van der Waals surface area contributed by atoms with Gasteiger partial charge in [-0.1, -0.05) is 43.3 Å². The van der Waals surface area contributed by atoms with Crippen molar-refractivity contribution in [2.45, 2.75) is 46.6 Å². The van der Waals surface area contributed by atoms with Crippen LogP contribution < -0.4 is 5.43 Å². The van der Waals surface area contributed by atoms with Crippen LogP contribution in [0.3, 0.4) is 0 Å². The lowest BCUT2D eigenvalue weighted by Crippen LogP contribution is -2.52. The number of hydrogen-bond acceptors (Lipinski definition) is 3. The Balaban J connectivity index is 0. The zero-order valence-electron chi connectivity index (χ0n) is 17.8. The molecule has 0 radical (unpaired) electrons. The second-order valence-electron chi connectivity index (χ2n) is 7.17. The Kier molecular flexibility index (Phi) is 13.9. The summed E-state index contributed by atoms with van der Waals surface area (Å²) in [5, 5.41) is 1.25. The molecule has 0 saturated carbocycles. The summed E-state index contributed by atoms with van der Waals surface area (Å²) in [6, 6.07) is 14.7. The first-order chi connectivity index (χ1) is 12.6. The lowest BCUT2D eigenvalue weighted by atomic mass is 10.0. The molecule has 4 nitrogen and oxygen atoms in total. The molecule has 7 heteroatoms. The van der Waals surface area contributed by atoms with Crippen molar-refractivity contribution in [2.75, 3.05) is 7.05 Å². The Bertz CT molecular complexity index is 775. The molecule has 0 aliphatic heterocycles. The first kappa shape index (κ1) is 29.6. The number of hydrogen-bond donors (Lipinski definition) is 1. The number of nitrogens with zero attached hydrogens (tertiary/aromatic N) is 1. The first-order valence-electron chi connectivity index (χ1n) is 8.98. The fraction of sp³-hybridized carbons (Fsp3) is 0.364. The second kappa shape index (κ2) is 13.6. The predicted octanol–water partition coefficient (Wildman–Crippen LogP) is 5.84. The largest absolute Gasteiger partial charge is 0.276 e. The van der Waals surface area contributed by atoms with Crippen molar-refractivity contribution in [3.05, 3.63) is 70.8 Å². The Labute approximate surface area is 191 Å². The summed E-state index contributed by atoms with van der Waals surface area (Å²) in [6.07, 6.45) is 0.995. The van der Waals surface area contributed by atoms with Gasteiger partial charge < -0.3 is 0 Å². The topological polar surface area (TPSA) is 49.4 Å². The van der Waals surface area contributed by atoms with Crippen molar-refractivity contribution < 1.29 is 9.59 Å². The van der Waals surface area contributed by atoms with Gasteiger partial charge in [0.1, 0.15) is 0 Å². The molecule has 1 N–H and O–H groups in total. The molecule has 0 aliphatic carbocycles. The third-order valence-electron chi connectivity index (χ3n) is 4.07. The van der Waals surface area contributed by atoms with E-state index in [1.165, 1.54) is 11.1 Å². The maximum Gasteiger partial charge on any atom is 0.268 e. The first-order valence-corrected chi connectivity index (χ1v) is 9.36. The summed E-state index contributed by atoms with van der Waals surface area (Å²) in [6.45, 7) is 10.2. The van der Waals surface area contributed by atoms with Crippen LogP contribution >= 0.6 is 36.4 Å². The van der Waals surface area contributed by atoms with E-state index in [1.807, 2.05) is 45.0 Å². The van der Waals surface area contributed by atoms with Gasteiger partial charge in [0.15, 0.2) is 0 Å². The summed E-state index contributed by atoms with van der Waals surface area (Å²) in [5.41, 5.74) is 6.46. The van der Waals surface area contributed by atoms with E-state index in [1.54, 1.807) is 36.3 Å². The van der Waals surface area contributed by atoms with Crippen LogP contribution in [0.15, 0.2) is 48.5 Å². The van der Waals surface area contributed by atoms with Gasteiger partial charge in [0.25, 0.3) is 11.1 Å². The molecular weight excluding hydrogens is 431 g/mol. The number of carbonyl (C=O) groups is 2. The molecule has 0 saturated heterocycles. The SMILES string of the molecule is CCc1ccc(C(=O)N(NC)C(C)(C)C)cc1C.Cl.Cl.O=C(Cl)c1ccccc1. The van der Waals surface area contributed by atoms with Crippen molar-refractivity contribution in [1.29, 1.82) is 0 Å². The van der Waals surface area contributed by atoms with Crippen molar-refractivity contribution in [3.8, 4) is 0 Å². The third kappa shape index (κ3) is 9.18. The van der Waals surface area contributed by atoms with E-state index in [9.17, 15) is 9.59 Å². The number of benzene rings is 2. The van der Waals surface area contributed by atoms with Crippen molar-refractivity contribution >= 4 is 47.6 Å². The highest BCUT2D eigenvalue weighted by molar-refractivity contribution is 6.67. The molecule has 162 valence electrons. The molecule has 2 aromatic carbocycles. The number of rotatable bonds is 4. The van der Waals surface area contributed by atoms with Gasteiger partial charge >= 0.3 is 0 Å². The normalized spacial score (nSPS) is 9.90. The second-order valence-corrected chi connectivity index (χ2v) is 7.51. The van der Waals surface area contributed by atoms with E-state index in [4.69, 9.17) is 11.6 Å². The predicted molar refractivity (Wildman–Crippen MR) is 127 cm³/mol. The zero-order valence-corrected chi connectivity index (χ0v) is 20.2. The molecule has 29 heavy (non-hydrogen) atoms. The highest BCUT2D eigenvalue weighted by Gasteiger charge is 2.26. The summed E-state index contributed by atoms with van der Waals surface area (Å²) >= 11 is 5.16. The highest BCUT2D eigenvalue weighted by Crippen LogP contribution is 2.17. The molecule has 0 atom stereocenters. The lowest BCUT2D eigenvalue weighted by Gasteiger charge is -2.34. The minimum absolute atomic E-state index is 0. The molecule has 0 fully saturated rings. The van der Waals surface area contributed by atoms with Crippen LogP contribution in [-0.2, 0) is 6.42 Å². The molecule has 0 aromatic heterocycles. The lowest BCUT2D eigenvalue weighted by molar-refractivity contribution is 0.0442. The quantitative estimate of drug-likeness (QED) is 0.459. The minimum atomic E-state index is -0.407. The summed E-state index contributed by atoms with van der Waals surface area (Å²) < 4.78 is 0. The molecule has 0 heterocycles. The maximum absolute atomic E-state index is 12.4. The maximum atomic E-state index is 12.4. The smallest absolute Gasteiger partial charge is 0.268 e. The standard InChI is InChI=1S/C15H24N2O.C7H5ClO.2ClH/c1-7-12-8-9-13(10-11(12)2)14(18)17(16-6)15(3,4)5;8-7(9)6-4-2-1-3-5-6;;/h8-10,16H,7H2,1-6H3;1-5H;2*1H. The average Bonchev–Trinajstić information content (AvgIpc) is 2.62. The molecule has 2 rings (SSSR count). The fourth-order valence-electron chi connectivity index (χ4n) is 2.67. The summed E-state index contributed by atoms with van der Waals surface area (Å²) in [7, 11) is 1.77. The van der Waals surface area contributed by atoms with Crippen LogP contribution in [0, 0.1) is 6.92 Å². The minimum Gasteiger partial charge on any atom is -0.276 e. The van der Waals surface area contributed by atoms with Gasteiger partial charge in [-0.2, -0.15) is 0 Å². The monoisotopic (exact) mass is 460 g/mol.